The van der Waals surface area contributed by atoms with E-state index in [-0.39, 0.29) is 5.78 Å². The minimum atomic E-state index is 0.169. The Morgan fingerprint density at radius 1 is 1.26 bits per heavy atom. The van der Waals surface area contributed by atoms with Crippen LogP contribution >= 0.6 is 23.1 Å². The monoisotopic (exact) mass is 293 g/mol. The van der Waals surface area contributed by atoms with E-state index in [2.05, 4.69) is 10.2 Å². The van der Waals surface area contributed by atoms with Gasteiger partial charge in [0.1, 0.15) is 0 Å². The van der Waals surface area contributed by atoms with Crippen molar-refractivity contribution in [2.45, 2.75) is 22.6 Å². The molecule has 2 rings (SSSR count). The van der Waals surface area contributed by atoms with Crippen molar-refractivity contribution in [3.63, 3.8) is 0 Å². The Morgan fingerprint density at radius 3 is 2.47 bits per heavy atom. The molecule has 1 aromatic heterocycles. The maximum absolute atomic E-state index is 11.5. The predicted octanol–water partition coefficient (Wildman–Crippen LogP) is 3.35. The molecule has 0 amide bonds. The maximum Gasteiger partial charge on any atom is 0.208 e. The molecule has 6 heteroatoms. The Morgan fingerprint density at radius 2 is 1.95 bits per heavy atom. The van der Waals surface area contributed by atoms with E-state index in [4.69, 9.17) is 0 Å². The van der Waals surface area contributed by atoms with E-state index in [1.165, 1.54) is 0 Å². The van der Waals surface area contributed by atoms with Gasteiger partial charge >= 0.3 is 0 Å². The standard InChI is InChI=1S/C13H15N3OS2/c1-4-11(17)9-5-7-10(8-6-9)18-13-15-14-12(19-13)16(2)3/h5-8H,4H2,1-3H3. The van der Waals surface area contributed by atoms with Gasteiger partial charge in [-0.1, -0.05) is 42.2 Å². The molecule has 2 aromatic rings. The zero-order valence-corrected chi connectivity index (χ0v) is 12.7. The second-order valence-corrected chi connectivity index (χ2v) is 6.42. The number of benzene rings is 1. The first-order valence-corrected chi connectivity index (χ1v) is 7.55. The van der Waals surface area contributed by atoms with Crippen LogP contribution in [0.3, 0.4) is 0 Å². The van der Waals surface area contributed by atoms with Gasteiger partial charge in [-0.25, -0.2) is 0 Å². The summed E-state index contributed by atoms with van der Waals surface area (Å²) in [4.78, 5) is 14.5. The van der Waals surface area contributed by atoms with Gasteiger partial charge in [-0.05, 0) is 12.1 Å². The van der Waals surface area contributed by atoms with Gasteiger partial charge in [-0.15, -0.1) is 10.2 Å². The first-order valence-electron chi connectivity index (χ1n) is 5.92. The molecule has 0 bridgehead atoms. The lowest BCUT2D eigenvalue weighted by molar-refractivity contribution is 0.0988. The largest absolute Gasteiger partial charge is 0.353 e. The number of hydrogen-bond donors (Lipinski definition) is 0. The summed E-state index contributed by atoms with van der Waals surface area (Å²) in [6, 6.07) is 7.62. The molecule has 1 heterocycles. The van der Waals surface area contributed by atoms with Crippen LogP contribution in [-0.2, 0) is 0 Å². The summed E-state index contributed by atoms with van der Waals surface area (Å²) in [5, 5.41) is 9.11. The fourth-order valence-corrected chi connectivity index (χ4v) is 3.17. The molecule has 0 aliphatic heterocycles. The average molecular weight is 293 g/mol. The van der Waals surface area contributed by atoms with Crippen LogP contribution in [-0.4, -0.2) is 30.1 Å². The molecule has 0 unspecified atom stereocenters. The molecule has 1 aromatic carbocycles. The normalized spacial score (nSPS) is 10.5. The molecule has 19 heavy (non-hydrogen) atoms. The van der Waals surface area contributed by atoms with E-state index in [0.717, 1.165) is 19.9 Å². The Hall–Kier alpha value is -1.40. The lowest BCUT2D eigenvalue weighted by Crippen LogP contribution is -2.07. The number of ketones is 1. The summed E-state index contributed by atoms with van der Waals surface area (Å²) >= 11 is 3.11. The third-order valence-corrected chi connectivity index (χ3v) is 4.63. The van der Waals surface area contributed by atoms with Crippen LogP contribution in [0.2, 0.25) is 0 Å². The van der Waals surface area contributed by atoms with Gasteiger partial charge in [0, 0.05) is 31.0 Å². The highest BCUT2D eigenvalue weighted by Gasteiger charge is 2.08. The third kappa shape index (κ3) is 3.54. The van der Waals surface area contributed by atoms with E-state index in [9.17, 15) is 4.79 Å². The summed E-state index contributed by atoms with van der Waals surface area (Å²) in [5.41, 5.74) is 0.762. The predicted molar refractivity (Wildman–Crippen MR) is 79.4 cm³/mol. The SMILES string of the molecule is CCC(=O)c1ccc(Sc2nnc(N(C)C)s2)cc1. The molecular formula is C13H15N3OS2. The van der Waals surface area contributed by atoms with Crippen molar-refractivity contribution in [1.29, 1.82) is 0 Å². The van der Waals surface area contributed by atoms with Crippen molar-refractivity contribution in [2.24, 2.45) is 0 Å². The van der Waals surface area contributed by atoms with E-state index < -0.39 is 0 Å². The molecule has 0 aliphatic carbocycles. The molecule has 0 radical (unpaired) electrons. The first-order chi connectivity index (χ1) is 9.10. The zero-order valence-electron chi connectivity index (χ0n) is 11.1. The molecular weight excluding hydrogens is 278 g/mol. The average Bonchev–Trinajstić information content (AvgIpc) is 2.87. The van der Waals surface area contributed by atoms with Crippen molar-refractivity contribution in [3.05, 3.63) is 29.8 Å². The lowest BCUT2D eigenvalue weighted by Gasteiger charge is -2.03. The minimum absolute atomic E-state index is 0.169. The van der Waals surface area contributed by atoms with Gasteiger partial charge in [-0.3, -0.25) is 4.79 Å². The Kier molecular flexibility index (Phi) is 4.55. The molecule has 0 spiro atoms. The molecule has 4 nitrogen and oxygen atoms in total. The van der Waals surface area contributed by atoms with Crippen molar-refractivity contribution >= 4 is 34.0 Å². The van der Waals surface area contributed by atoms with Crippen LogP contribution in [0, 0.1) is 0 Å². The number of Topliss-reactive ketones (excluding diaryl/α,β-unsaturated/α-hetero) is 1. The third-order valence-electron chi connectivity index (χ3n) is 2.48. The van der Waals surface area contributed by atoms with E-state index in [1.807, 2.05) is 50.2 Å². The summed E-state index contributed by atoms with van der Waals surface area (Å²) in [7, 11) is 3.89. The van der Waals surface area contributed by atoms with Crippen molar-refractivity contribution < 1.29 is 4.79 Å². The molecule has 0 saturated carbocycles. The summed E-state index contributed by atoms with van der Waals surface area (Å²) in [6.07, 6.45) is 0.537. The minimum Gasteiger partial charge on any atom is -0.353 e. The number of rotatable bonds is 5. The van der Waals surface area contributed by atoms with Crippen LogP contribution in [0.5, 0.6) is 0 Å². The van der Waals surface area contributed by atoms with Crippen LogP contribution in [0.1, 0.15) is 23.7 Å². The number of aromatic nitrogens is 2. The molecule has 0 aliphatic rings. The van der Waals surface area contributed by atoms with Gasteiger partial charge < -0.3 is 4.90 Å². The lowest BCUT2D eigenvalue weighted by atomic mass is 10.1. The number of anilines is 1. The van der Waals surface area contributed by atoms with Gasteiger partial charge in [0.25, 0.3) is 0 Å². The summed E-state index contributed by atoms with van der Waals surface area (Å²) in [6.45, 7) is 1.87. The molecule has 100 valence electrons. The van der Waals surface area contributed by atoms with Crippen LogP contribution in [0.4, 0.5) is 5.13 Å². The Balaban J connectivity index is 2.08. The van der Waals surface area contributed by atoms with Crippen LogP contribution in [0.25, 0.3) is 0 Å². The van der Waals surface area contributed by atoms with Crippen molar-refractivity contribution in [3.8, 4) is 0 Å². The number of hydrogen-bond acceptors (Lipinski definition) is 6. The van der Waals surface area contributed by atoms with Crippen LogP contribution in [0.15, 0.2) is 33.5 Å². The highest BCUT2D eigenvalue weighted by molar-refractivity contribution is 8.01. The zero-order chi connectivity index (χ0) is 13.8. The molecule has 0 N–H and O–H groups in total. The number of carbonyl (C=O) groups is 1. The Labute approximate surface area is 120 Å². The highest BCUT2D eigenvalue weighted by atomic mass is 32.2. The summed E-state index contributed by atoms with van der Waals surface area (Å²) in [5.74, 6) is 0.169. The second-order valence-electron chi connectivity index (χ2n) is 4.15. The smallest absolute Gasteiger partial charge is 0.208 e. The van der Waals surface area contributed by atoms with Gasteiger partial charge in [0.05, 0.1) is 0 Å². The highest BCUT2D eigenvalue weighted by Crippen LogP contribution is 2.32. The molecule has 0 fully saturated rings. The van der Waals surface area contributed by atoms with Gasteiger partial charge in [-0.2, -0.15) is 0 Å². The van der Waals surface area contributed by atoms with Gasteiger partial charge in [0.2, 0.25) is 5.13 Å². The quantitative estimate of drug-likeness (QED) is 0.791. The van der Waals surface area contributed by atoms with Gasteiger partial charge in [0.15, 0.2) is 10.1 Å². The number of carbonyl (C=O) groups excluding carboxylic acids is 1. The van der Waals surface area contributed by atoms with E-state index in [1.54, 1.807) is 23.1 Å². The van der Waals surface area contributed by atoms with E-state index in [0.29, 0.717) is 6.42 Å². The maximum atomic E-state index is 11.5. The second kappa shape index (κ2) is 6.16. The fourth-order valence-electron chi connectivity index (χ4n) is 1.44. The van der Waals surface area contributed by atoms with Crippen molar-refractivity contribution in [1.82, 2.24) is 10.2 Å². The Bertz CT molecular complexity index is 564. The topological polar surface area (TPSA) is 46.1 Å². The summed E-state index contributed by atoms with van der Waals surface area (Å²) < 4.78 is 0.901. The number of nitrogens with zero attached hydrogens (tertiary/aromatic N) is 3. The first kappa shape index (κ1) is 14.0. The fraction of sp³-hybridized carbons (Fsp3) is 0.308. The van der Waals surface area contributed by atoms with E-state index >= 15 is 0 Å². The van der Waals surface area contributed by atoms with Crippen molar-refractivity contribution in [2.75, 3.05) is 19.0 Å². The molecule has 0 saturated heterocycles. The van der Waals surface area contributed by atoms with Crippen LogP contribution < -0.4 is 4.90 Å². The molecule has 0 atom stereocenters.